The maximum absolute atomic E-state index is 13.6. The molecule has 1 aliphatic rings. The molecule has 1 aromatic heterocycles. The van der Waals surface area contributed by atoms with E-state index in [1.54, 1.807) is 25.3 Å². The lowest BCUT2D eigenvalue weighted by atomic mass is 9.96. The summed E-state index contributed by atoms with van der Waals surface area (Å²) >= 11 is 5.94. The Labute approximate surface area is 220 Å². The Morgan fingerprint density at radius 3 is 2.81 bits per heavy atom. The number of carbonyl (C=O) groups is 1. The average molecular weight is 528 g/mol. The predicted octanol–water partition coefficient (Wildman–Crippen LogP) is 5.56. The van der Waals surface area contributed by atoms with Crippen molar-refractivity contribution in [1.29, 1.82) is 0 Å². The first kappa shape index (κ1) is 26.8. The smallest absolute Gasteiger partial charge is 0.248 e. The van der Waals surface area contributed by atoms with E-state index in [2.05, 4.69) is 32.4 Å². The van der Waals surface area contributed by atoms with Crippen molar-refractivity contribution in [3.05, 3.63) is 59.7 Å². The molecule has 4 rings (SSSR count). The fourth-order valence-corrected chi connectivity index (χ4v) is 3.99. The Balaban J connectivity index is 1.58. The van der Waals surface area contributed by atoms with Crippen LogP contribution in [0.5, 0.6) is 5.75 Å². The lowest BCUT2D eigenvalue weighted by Crippen LogP contribution is -2.32. The van der Waals surface area contributed by atoms with Crippen LogP contribution in [0.2, 0.25) is 5.02 Å². The van der Waals surface area contributed by atoms with Gasteiger partial charge in [-0.3, -0.25) is 9.69 Å². The fourth-order valence-electron chi connectivity index (χ4n) is 3.81. The molecule has 1 saturated carbocycles. The van der Waals surface area contributed by atoms with Crippen LogP contribution in [0.1, 0.15) is 26.2 Å². The standard InChI is InChI=1S/C27H31ClFN5O3/c1-17(15-36-3)34(2)11-5-8-26(35)33-24-13-20-23(14-25(24)37-19-6-4-7-19)30-16-31-27(20)32-18-9-10-22(29)21(28)12-18/h5,8-10,12-14,16-17,19H,4,6-7,11,15H2,1-3H3,(H,33,35)(H,30,31,32)/t17-/m0/s1. The van der Waals surface area contributed by atoms with Crippen molar-refractivity contribution in [3.8, 4) is 5.75 Å². The van der Waals surface area contributed by atoms with Crippen LogP contribution in [0.3, 0.4) is 0 Å². The first-order valence-corrected chi connectivity index (χ1v) is 12.6. The van der Waals surface area contributed by atoms with Gasteiger partial charge in [-0.15, -0.1) is 0 Å². The third-order valence-electron chi connectivity index (χ3n) is 6.35. The molecule has 37 heavy (non-hydrogen) atoms. The van der Waals surface area contributed by atoms with Crippen LogP contribution in [-0.2, 0) is 9.53 Å². The van der Waals surface area contributed by atoms with Gasteiger partial charge in [-0.25, -0.2) is 14.4 Å². The maximum Gasteiger partial charge on any atom is 0.248 e. The number of carbonyl (C=O) groups excluding carboxylic acids is 1. The van der Waals surface area contributed by atoms with Crippen LogP contribution in [0.15, 0.2) is 48.8 Å². The normalized spacial score (nSPS) is 14.6. The zero-order chi connectivity index (χ0) is 26.4. The van der Waals surface area contributed by atoms with Gasteiger partial charge in [-0.2, -0.15) is 0 Å². The molecule has 2 N–H and O–H groups in total. The summed E-state index contributed by atoms with van der Waals surface area (Å²) in [4.78, 5) is 23.6. The number of benzene rings is 2. The van der Waals surface area contributed by atoms with E-state index < -0.39 is 5.82 Å². The zero-order valence-electron chi connectivity index (χ0n) is 21.1. The number of hydrogen-bond donors (Lipinski definition) is 2. The molecular formula is C27H31ClFN5O3. The highest BCUT2D eigenvalue weighted by atomic mass is 35.5. The number of anilines is 3. The molecule has 1 heterocycles. The Morgan fingerprint density at radius 2 is 2.11 bits per heavy atom. The Hall–Kier alpha value is -3.27. The second-order valence-corrected chi connectivity index (χ2v) is 9.56. The number of nitrogens with zero attached hydrogens (tertiary/aromatic N) is 3. The molecule has 3 aromatic rings. The summed E-state index contributed by atoms with van der Waals surface area (Å²) in [5, 5.41) is 6.77. The number of ether oxygens (including phenoxy) is 2. The number of methoxy groups -OCH3 is 1. The SMILES string of the molecule is COC[C@H](C)N(C)CC=CC(=O)Nc1cc2c(Nc3ccc(F)c(Cl)c3)ncnc2cc1OC1CCC1. The van der Waals surface area contributed by atoms with Crippen LogP contribution in [0, 0.1) is 5.82 Å². The third kappa shape index (κ3) is 6.94. The minimum atomic E-state index is -0.505. The van der Waals surface area contributed by atoms with Gasteiger partial charge in [0.1, 0.15) is 23.7 Å². The molecule has 0 bridgehead atoms. The Morgan fingerprint density at radius 1 is 1.30 bits per heavy atom. The molecule has 1 amide bonds. The third-order valence-corrected chi connectivity index (χ3v) is 6.64. The van der Waals surface area contributed by atoms with E-state index in [-0.39, 0.29) is 23.1 Å². The van der Waals surface area contributed by atoms with Gasteiger partial charge in [0, 0.05) is 42.9 Å². The van der Waals surface area contributed by atoms with E-state index in [0.717, 1.165) is 19.3 Å². The van der Waals surface area contributed by atoms with Crippen LogP contribution in [-0.4, -0.2) is 60.2 Å². The maximum atomic E-state index is 13.6. The first-order valence-electron chi connectivity index (χ1n) is 12.2. The van der Waals surface area contributed by atoms with Gasteiger partial charge < -0.3 is 20.1 Å². The lowest BCUT2D eigenvalue weighted by molar-refractivity contribution is -0.111. The van der Waals surface area contributed by atoms with Crippen molar-refractivity contribution in [2.24, 2.45) is 0 Å². The minimum Gasteiger partial charge on any atom is -0.488 e. The molecule has 1 aliphatic carbocycles. The van der Waals surface area contributed by atoms with E-state index in [1.165, 1.54) is 24.5 Å². The largest absolute Gasteiger partial charge is 0.488 e. The highest BCUT2D eigenvalue weighted by Crippen LogP contribution is 2.36. The molecule has 0 spiro atoms. The molecule has 10 heteroatoms. The minimum absolute atomic E-state index is 0.00143. The van der Waals surface area contributed by atoms with E-state index in [0.29, 0.717) is 47.0 Å². The number of amides is 1. The van der Waals surface area contributed by atoms with Gasteiger partial charge in [-0.05, 0) is 57.5 Å². The summed E-state index contributed by atoms with van der Waals surface area (Å²) in [6, 6.07) is 8.15. The monoisotopic (exact) mass is 527 g/mol. The van der Waals surface area contributed by atoms with Crippen molar-refractivity contribution in [3.63, 3.8) is 0 Å². The molecule has 2 aromatic carbocycles. The van der Waals surface area contributed by atoms with Crippen LogP contribution < -0.4 is 15.4 Å². The van der Waals surface area contributed by atoms with Gasteiger partial charge in [0.25, 0.3) is 0 Å². The number of fused-ring (bicyclic) bond motifs is 1. The fraction of sp³-hybridized carbons (Fsp3) is 0.370. The quantitative estimate of drug-likeness (QED) is 0.316. The number of rotatable bonds is 11. The van der Waals surface area contributed by atoms with E-state index in [9.17, 15) is 9.18 Å². The van der Waals surface area contributed by atoms with Crippen LogP contribution in [0.4, 0.5) is 21.6 Å². The van der Waals surface area contributed by atoms with Gasteiger partial charge in [0.05, 0.1) is 28.9 Å². The second kappa shape index (κ2) is 12.3. The molecule has 1 fully saturated rings. The molecule has 196 valence electrons. The van der Waals surface area contributed by atoms with Crippen molar-refractivity contribution >= 4 is 45.6 Å². The number of hydrogen-bond acceptors (Lipinski definition) is 7. The lowest BCUT2D eigenvalue weighted by Gasteiger charge is -2.27. The summed E-state index contributed by atoms with van der Waals surface area (Å²) < 4.78 is 25.0. The number of nitrogens with one attached hydrogen (secondary N) is 2. The van der Waals surface area contributed by atoms with Gasteiger partial charge in [-0.1, -0.05) is 17.7 Å². The first-order chi connectivity index (χ1) is 17.8. The van der Waals surface area contributed by atoms with Gasteiger partial charge >= 0.3 is 0 Å². The highest BCUT2D eigenvalue weighted by Gasteiger charge is 2.22. The van der Waals surface area contributed by atoms with E-state index in [1.807, 2.05) is 13.1 Å². The summed E-state index contributed by atoms with van der Waals surface area (Å²) in [6.07, 6.45) is 7.93. The van der Waals surface area contributed by atoms with Crippen LogP contribution >= 0.6 is 11.6 Å². The summed E-state index contributed by atoms with van der Waals surface area (Å²) in [5.41, 5.74) is 1.73. The highest BCUT2D eigenvalue weighted by molar-refractivity contribution is 6.31. The number of aromatic nitrogens is 2. The van der Waals surface area contributed by atoms with Gasteiger partial charge in [0.15, 0.2) is 0 Å². The van der Waals surface area contributed by atoms with E-state index >= 15 is 0 Å². The Kier molecular flexibility index (Phi) is 8.91. The Bertz CT molecular complexity index is 1280. The summed E-state index contributed by atoms with van der Waals surface area (Å²) in [7, 11) is 3.64. The van der Waals surface area contributed by atoms with E-state index in [4.69, 9.17) is 21.1 Å². The number of likely N-dealkylation sites (N-methyl/N-ethyl adjacent to an activating group) is 1. The topological polar surface area (TPSA) is 88.6 Å². The van der Waals surface area contributed by atoms with Gasteiger partial charge in [0.2, 0.25) is 5.91 Å². The molecule has 1 atom stereocenters. The van der Waals surface area contributed by atoms with Crippen molar-refractivity contribution < 1.29 is 18.7 Å². The second-order valence-electron chi connectivity index (χ2n) is 9.15. The predicted molar refractivity (Wildman–Crippen MR) is 144 cm³/mol. The molecule has 0 unspecified atom stereocenters. The zero-order valence-corrected chi connectivity index (χ0v) is 21.9. The van der Waals surface area contributed by atoms with Crippen molar-refractivity contribution in [1.82, 2.24) is 14.9 Å². The molecule has 8 nitrogen and oxygen atoms in total. The molecular weight excluding hydrogens is 497 g/mol. The number of halogens is 2. The van der Waals surface area contributed by atoms with Crippen LogP contribution in [0.25, 0.3) is 10.9 Å². The van der Waals surface area contributed by atoms with Crippen molar-refractivity contribution in [2.45, 2.75) is 38.3 Å². The molecule has 0 saturated heterocycles. The van der Waals surface area contributed by atoms with Crippen molar-refractivity contribution in [2.75, 3.05) is 37.9 Å². The summed E-state index contributed by atoms with van der Waals surface area (Å²) in [6.45, 7) is 3.27. The molecule has 0 radical (unpaired) electrons. The molecule has 0 aliphatic heterocycles. The summed E-state index contributed by atoms with van der Waals surface area (Å²) in [5.74, 6) is 0.263. The average Bonchev–Trinajstić information content (AvgIpc) is 2.84.